The SMILES string of the molecule is O=C(O)[C@H]1C[C@H]2CNC[C@@H]1N2C(=O)O. The quantitative estimate of drug-likeness (QED) is 0.526. The number of carboxylic acids is 1. The minimum absolute atomic E-state index is 0.174. The Morgan fingerprint density at radius 3 is 2.50 bits per heavy atom. The van der Waals surface area contributed by atoms with E-state index in [1.165, 1.54) is 4.90 Å². The first kappa shape index (κ1) is 9.26. The molecule has 0 aliphatic carbocycles. The lowest BCUT2D eigenvalue weighted by atomic mass is 10.0. The molecule has 3 atom stereocenters. The molecular formula is C8H12N2O4. The second-order valence-electron chi connectivity index (χ2n) is 3.75. The Labute approximate surface area is 80.5 Å². The number of nitrogens with zero attached hydrogens (tertiary/aromatic N) is 1. The monoisotopic (exact) mass is 200 g/mol. The molecule has 78 valence electrons. The molecule has 2 fully saturated rings. The summed E-state index contributed by atoms with van der Waals surface area (Å²) in [5, 5.41) is 20.9. The van der Waals surface area contributed by atoms with Gasteiger partial charge in [-0.25, -0.2) is 4.79 Å². The molecule has 14 heavy (non-hydrogen) atoms. The summed E-state index contributed by atoms with van der Waals surface area (Å²) < 4.78 is 0. The molecule has 2 saturated heterocycles. The van der Waals surface area contributed by atoms with Crippen LogP contribution in [0.15, 0.2) is 0 Å². The third-order valence-electron chi connectivity index (χ3n) is 3.01. The summed E-state index contributed by atoms with van der Waals surface area (Å²) in [5.41, 5.74) is 0. The lowest BCUT2D eigenvalue weighted by Gasteiger charge is -2.33. The van der Waals surface area contributed by atoms with Gasteiger partial charge in [-0.1, -0.05) is 0 Å². The maximum Gasteiger partial charge on any atom is 0.407 e. The first-order valence-electron chi connectivity index (χ1n) is 4.56. The summed E-state index contributed by atoms with van der Waals surface area (Å²) in [7, 11) is 0. The zero-order valence-electron chi connectivity index (χ0n) is 7.51. The maximum absolute atomic E-state index is 10.9. The van der Waals surface area contributed by atoms with Gasteiger partial charge >= 0.3 is 12.1 Å². The van der Waals surface area contributed by atoms with E-state index in [1.807, 2.05) is 0 Å². The van der Waals surface area contributed by atoms with E-state index in [2.05, 4.69) is 5.32 Å². The van der Waals surface area contributed by atoms with Crippen molar-refractivity contribution >= 4 is 12.1 Å². The van der Waals surface area contributed by atoms with Gasteiger partial charge in [0.25, 0.3) is 0 Å². The van der Waals surface area contributed by atoms with E-state index in [9.17, 15) is 9.59 Å². The zero-order valence-corrected chi connectivity index (χ0v) is 7.51. The fourth-order valence-electron chi connectivity index (χ4n) is 2.41. The summed E-state index contributed by atoms with van der Waals surface area (Å²) in [4.78, 5) is 23.0. The maximum atomic E-state index is 10.9. The van der Waals surface area contributed by atoms with Crippen molar-refractivity contribution < 1.29 is 19.8 Å². The van der Waals surface area contributed by atoms with Crippen molar-refractivity contribution in [2.75, 3.05) is 13.1 Å². The van der Waals surface area contributed by atoms with Crippen molar-refractivity contribution in [2.45, 2.75) is 18.5 Å². The lowest BCUT2D eigenvalue weighted by Crippen LogP contribution is -2.55. The molecule has 0 aromatic heterocycles. The predicted molar refractivity (Wildman–Crippen MR) is 46.1 cm³/mol. The number of nitrogens with one attached hydrogen (secondary N) is 1. The fourth-order valence-corrected chi connectivity index (χ4v) is 2.41. The van der Waals surface area contributed by atoms with E-state index in [-0.39, 0.29) is 6.04 Å². The number of carbonyl (C=O) groups is 2. The smallest absolute Gasteiger partial charge is 0.407 e. The highest BCUT2D eigenvalue weighted by Gasteiger charge is 2.49. The molecule has 1 amide bonds. The molecule has 0 unspecified atom stereocenters. The molecule has 0 spiro atoms. The van der Waals surface area contributed by atoms with Crippen LogP contribution in [0.1, 0.15) is 6.42 Å². The molecule has 2 aliphatic heterocycles. The Morgan fingerprint density at radius 2 is 2.00 bits per heavy atom. The summed E-state index contributed by atoms with van der Waals surface area (Å²) in [6.45, 7) is 1.01. The van der Waals surface area contributed by atoms with Crippen molar-refractivity contribution in [2.24, 2.45) is 5.92 Å². The molecule has 6 heteroatoms. The lowest BCUT2D eigenvalue weighted by molar-refractivity contribution is -0.142. The summed E-state index contributed by atoms with van der Waals surface area (Å²) >= 11 is 0. The Morgan fingerprint density at radius 1 is 1.29 bits per heavy atom. The summed E-state index contributed by atoms with van der Waals surface area (Å²) in [5.74, 6) is -1.45. The predicted octanol–water partition coefficient (Wildman–Crippen LogP) is -0.589. The van der Waals surface area contributed by atoms with Crippen LogP contribution >= 0.6 is 0 Å². The third-order valence-corrected chi connectivity index (χ3v) is 3.01. The Balaban J connectivity index is 2.23. The van der Waals surface area contributed by atoms with E-state index in [0.717, 1.165) is 0 Å². The Kier molecular flexibility index (Phi) is 2.07. The highest BCUT2D eigenvalue weighted by molar-refractivity contribution is 5.75. The van der Waals surface area contributed by atoms with E-state index in [0.29, 0.717) is 19.5 Å². The highest BCUT2D eigenvalue weighted by atomic mass is 16.4. The van der Waals surface area contributed by atoms with Crippen LogP contribution in [0.25, 0.3) is 0 Å². The van der Waals surface area contributed by atoms with Gasteiger partial charge in [-0.3, -0.25) is 9.69 Å². The van der Waals surface area contributed by atoms with Gasteiger partial charge in [-0.05, 0) is 6.42 Å². The van der Waals surface area contributed by atoms with Gasteiger partial charge in [-0.2, -0.15) is 0 Å². The Bertz CT molecular complexity index is 281. The van der Waals surface area contributed by atoms with Gasteiger partial charge in [0.15, 0.2) is 0 Å². The van der Waals surface area contributed by atoms with Crippen LogP contribution in [0.2, 0.25) is 0 Å². The second kappa shape index (κ2) is 3.13. The third kappa shape index (κ3) is 1.22. The highest BCUT2D eigenvalue weighted by Crippen LogP contribution is 2.32. The molecule has 2 heterocycles. The molecule has 0 saturated carbocycles. The van der Waals surface area contributed by atoms with Gasteiger partial charge in [-0.15, -0.1) is 0 Å². The number of rotatable bonds is 1. The number of hydrogen-bond donors (Lipinski definition) is 3. The van der Waals surface area contributed by atoms with Crippen LogP contribution < -0.4 is 5.32 Å². The van der Waals surface area contributed by atoms with Crippen LogP contribution in [0.3, 0.4) is 0 Å². The zero-order chi connectivity index (χ0) is 10.3. The first-order chi connectivity index (χ1) is 6.61. The Hall–Kier alpha value is -1.30. The second-order valence-corrected chi connectivity index (χ2v) is 3.75. The molecule has 0 aromatic rings. The fraction of sp³-hybridized carbons (Fsp3) is 0.750. The average molecular weight is 200 g/mol. The van der Waals surface area contributed by atoms with Crippen molar-refractivity contribution in [3.63, 3.8) is 0 Å². The normalized spacial score (nSPS) is 35.7. The van der Waals surface area contributed by atoms with Crippen LogP contribution in [0.4, 0.5) is 4.79 Å². The van der Waals surface area contributed by atoms with Gasteiger partial charge in [0.05, 0.1) is 12.0 Å². The van der Waals surface area contributed by atoms with E-state index < -0.39 is 24.0 Å². The average Bonchev–Trinajstić information content (AvgIpc) is 2.34. The minimum atomic E-state index is -1.01. The minimum Gasteiger partial charge on any atom is -0.481 e. The molecule has 6 nitrogen and oxygen atoms in total. The molecule has 2 bridgehead atoms. The summed E-state index contributed by atoms with van der Waals surface area (Å²) in [6, 6.07) is -0.573. The molecule has 2 rings (SSSR count). The first-order valence-corrected chi connectivity index (χ1v) is 4.56. The summed E-state index contributed by atoms with van der Waals surface area (Å²) in [6.07, 6.45) is -0.579. The van der Waals surface area contributed by atoms with Crippen molar-refractivity contribution in [1.82, 2.24) is 10.2 Å². The van der Waals surface area contributed by atoms with Crippen molar-refractivity contribution in [3.05, 3.63) is 0 Å². The standard InChI is InChI=1S/C8H12N2O4/c11-7(12)5-1-4-2-9-3-6(5)10(4)8(13)14/h4-6,9H,1-3H2,(H,11,12)(H,13,14)/t4-,5-,6-/m0/s1. The van der Waals surface area contributed by atoms with Gasteiger partial charge in [0.2, 0.25) is 0 Å². The molecule has 2 aliphatic rings. The molecular weight excluding hydrogens is 188 g/mol. The van der Waals surface area contributed by atoms with Gasteiger partial charge in [0.1, 0.15) is 0 Å². The van der Waals surface area contributed by atoms with Crippen LogP contribution in [-0.4, -0.2) is 52.3 Å². The van der Waals surface area contributed by atoms with Gasteiger partial charge in [0, 0.05) is 19.1 Å². The number of fused-ring (bicyclic) bond motifs is 2. The van der Waals surface area contributed by atoms with Crippen LogP contribution in [0, 0.1) is 5.92 Å². The van der Waals surface area contributed by atoms with Crippen molar-refractivity contribution in [3.8, 4) is 0 Å². The number of piperazine rings is 1. The number of carboxylic acid groups (broad SMARTS) is 2. The van der Waals surface area contributed by atoms with E-state index >= 15 is 0 Å². The van der Waals surface area contributed by atoms with Crippen LogP contribution in [0.5, 0.6) is 0 Å². The molecule has 0 radical (unpaired) electrons. The van der Waals surface area contributed by atoms with E-state index in [4.69, 9.17) is 10.2 Å². The molecule has 3 N–H and O–H groups in total. The van der Waals surface area contributed by atoms with Crippen molar-refractivity contribution in [1.29, 1.82) is 0 Å². The molecule has 0 aromatic carbocycles. The number of hydrogen-bond acceptors (Lipinski definition) is 3. The van der Waals surface area contributed by atoms with Gasteiger partial charge < -0.3 is 15.5 Å². The van der Waals surface area contributed by atoms with Crippen LogP contribution in [-0.2, 0) is 4.79 Å². The number of amides is 1. The topological polar surface area (TPSA) is 89.9 Å². The largest absolute Gasteiger partial charge is 0.481 e. The van der Waals surface area contributed by atoms with E-state index in [1.54, 1.807) is 0 Å². The number of aliphatic carboxylic acids is 1.